The summed E-state index contributed by atoms with van der Waals surface area (Å²) in [6.07, 6.45) is -2.15. The summed E-state index contributed by atoms with van der Waals surface area (Å²) in [5.41, 5.74) is -0.379. The number of rotatable bonds is 9. The number of likely N-dealkylation sites (tertiary alicyclic amines) is 1. The highest BCUT2D eigenvalue weighted by Crippen LogP contribution is 2.44. The van der Waals surface area contributed by atoms with Crippen LogP contribution in [-0.2, 0) is 4.74 Å². The second kappa shape index (κ2) is 12.4. The van der Waals surface area contributed by atoms with E-state index in [-0.39, 0.29) is 38.8 Å². The average molecular weight is 661 g/mol. The van der Waals surface area contributed by atoms with Gasteiger partial charge in [0.25, 0.3) is 0 Å². The highest BCUT2D eigenvalue weighted by molar-refractivity contribution is 9.10. The van der Waals surface area contributed by atoms with Crippen LogP contribution in [0.2, 0.25) is 0 Å². The molecule has 10 nitrogen and oxygen atoms in total. The molecule has 0 atom stereocenters. The van der Waals surface area contributed by atoms with Crippen LogP contribution < -0.4 is 14.4 Å². The van der Waals surface area contributed by atoms with Crippen LogP contribution in [0.5, 0.6) is 11.8 Å². The van der Waals surface area contributed by atoms with Gasteiger partial charge in [-0.15, -0.1) is 0 Å². The Kier molecular flexibility index (Phi) is 9.46. The van der Waals surface area contributed by atoms with Gasteiger partial charge in [-0.25, -0.2) is 4.79 Å². The molecule has 2 fully saturated rings. The van der Waals surface area contributed by atoms with Gasteiger partial charge in [-0.2, -0.15) is 23.1 Å². The predicted molar refractivity (Wildman–Crippen MR) is 155 cm³/mol. The lowest BCUT2D eigenvalue weighted by atomic mass is 9.72. The van der Waals surface area contributed by atoms with E-state index >= 15 is 0 Å². The van der Waals surface area contributed by atoms with Crippen LogP contribution in [-0.4, -0.2) is 104 Å². The number of hydrogen-bond acceptors (Lipinski definition) is 9. The van der Waals surface area contributed by atoms with Gasteiger partial charge in [-0.05, 0) is 76.1 Å². The molecule has 0 N–H and O–H groups in total. The Morgan fingerprint density at radius 3 is 2.38 bits per heavy atom. The fraction of sp³-hybridized carbons (Fsp3) is 0.643. The summed E-state index contributed by atoms with van der Waals surface area (Å²) in [4.78, 5) is 39.2. The van der Waals surface area contributed by atoms with Crippen LogP contribution in [0.25, 0.3) is 10.9 Å². The summed E-state index contributed by atoms with van der Waals surface area (Å²) >= 11 is 3.24. The van der Waals surface area contributed by atoms with E-state index in [0.29, 0.717) is 56.7 Å². The van der Waals surface area contributed by atoms with Crippen molar-refractivity contribution in [3.05, 3.63) is 16.1 Å². The van der Waals surface area contributed by atoms with Crippen molar-refractivity contribution in [1.29, 1.82) is 0 Å². The Balaban J connectivity index is 1.62. The molecule has 232 valence electrons. The first-order valence-electron chi connectivity index (χ1n) is 13.8. The van der Waals surface area contributed by atoms with E-state index in [9.17, 15) is 22.8 Å². The molecule has 4 rings (SSSR count). The van der Waals surface area contributed by atoms with Gasteiger partial charge in [-0.3, -0.25) is 4.79 Å². The summed E-state index contributed by atoms with van der Waals surface area (Å²) in [5.74, 6) is 0.252. The Morgan fingerprint density at radius 1 is 1.14 bits per heavy atom. The molecule has 0 saturated carbocycles. The quantitative estimate of drug-likeness (QED) is 0.262. The maximum atomic E-state index is 13.1. The topological polar surface area (TPSA) is 97.3 Å². The number of hydrogen-bond donors (Lipinski definition) is 0. The monoisotopic (exact) mass is 659 g/mol. The van der Waals surface area contributed by atoms with Gasteiger partial charge in [0.2, 0.25) is 0 Å². The largest absolute Gasteiger partial charge is 0.481 e. The van der Waals surface area contributed by atoms with Gasteiger partial charge >= 0.3 is 18.3 Å². The highest BCUT2D eigenvalue weighted by Gasteiger charge is 2.48. The number of alkyl halides is 3. The van der Waals surface area contributed by atoms with E-state index in [1.54, 1.807) is 11.0 Å². The standard InChI is InChI=1S/C28H37BrF3N5O5/c1-26(2,3)42-25(39)37-15-27(16-37)7-10-36(11-8-27)23-19-13-18(14-38)20(29)22(41-17-28(30,31)32)21(19)33-24(34-23)40-12-6-9-35(4)5/h13-14H,6-12,15-17H2,1-5H3. The molecule has 42 heavy (non-hydrogen) atoms. The lowest BCUT2D eigenvalue weighted by Gasteiger charge is -2.53. The second-order valence-electron chi connectivity index (χ2n) is 12.2. The van der Waals surface area contributed by atoms with Crippen LogP contribution in [0.15, 0.2) is 10.5 Å². The SMILES string of the molecule is CN(C)CCCOc1nc(N2CCC3(CC2)CN(C(=O)OC(C)(C)C)C3)c2cc(C=O)c(Br)c(OCC(F)(F)F)c2n1. The van der Waals surface area contributed by atoms with Crippen molar-refractivity contribution in [3.63, 3.8) is 0 Å². The van der Waals surface area contributed by atoms with Crippen molar-refractivity contribution in [3.8, 4) is 11.8 Å². The number of piperidine rings is 1. The summed E-state index contributed by atoms with van der Waals surface area (Å²) in [6, 6.07) is 1.56. The fourth-order valence-corrected chi connectivity index (χ4v) is 5.66. The van der Waals surface area contributed by atoms with Gasteiger partial charge in [-0.1, -0.05) is 0 Å². The first kappa shape index (κ1) is 32.1. The van der Waals surface area contributed by atoms with Gasteiger partial charge in [0, 0.05) is 49.1 Å². The number of aromatic nitrogens is 2. The fourth-order valence-electron chi connectivity index (χ4n) is 5.15. The van der Waals surface area contributed by atoms with Crippen LogP contribution >= 0.6 is 15.9 Å². The number of carbonyl (C=O) groups is 2. The molecule has 0 bridgehead atoms. The van der Waals surface area contributed by atoms with Crippen LogP contribution in [0.3, 0.4) is 0 Å². The van der Waals surface area contributed by atoms with Crippen molar-refractivity contribution in [1.82, 2.24) is 19.8 Å². The minimum absolute atomic E-state index is 0.0129. The highest BCUT2D eigenvalue weighted by atomic mass is 79.9. The first-order chi connectivity index (χ1) is 19.6. The normalized spacial score (nSPS) is 17.0. The predicted octanol–water partition coefficient (Wildman–Crippen LogP) is 5.31. The Labute approximate surface area is 251 Å². The molecule has 1 spiro atoms. The number of amides is 1. The Morgan fingerprint density at radius 2 is 1.81 bits per heavy atom. The maximum absolute atomic E-state index is 13.1. The van der Waals surface area contributed by atoms with Crippen molar-refractivity contribution < 1.29 is 37.0 Å². The van der Waals surface area contributed by atoms with Gasteiger partial charge < -0.3 is 28.9 Å². The lowest BCUT2D eigenvalue weighted by Crippen LogP contribution is -2.62. The third-order valence-corrected chi connectivity index (χ3v) is 8.01. The molecule has 0 radical (unpaired) electrons. The maximum Gasteiger partial charge on any atom is 0.422 e. The molecule has 1 amide bonds. The number of carbonyl (C=O) groups excluding carboxylic acids is 2. The molecular weight excluding hydrogens is 623 g/mol. The van der Waals surface area contributed by atoms with E-state index in [2.05, 4.69) is 25.9 Å². The average Bonchev–Trinajstić information content (AvgIpc) is 2.87. The molecule has 3 heterocycles. The summed E-state index contributed by atoms with van der Waals surface area (Å²) in [7, 11) is 3.88. The summed E-state index contributed by atoms with van der Waals surface area (Å²) in [5, 5.41) is 0.387. The van der Waals surface area contributed by atoms with Gasteiger partial charge in [0.05, 0.1) is 11.1 Å². The van der Waals surface area contributed by atoms with E-state index in [1.807, 2.05) is 44.7 Å². The number of anilines is 1. The van der Waals surface area contributed by atoms with Crippen molar-refractivity contribution >= 4 is 45.0 Å². The summed E-state index contributed by atoms with van der Waals surface area (Å²) in [6.45, 7) is 7.37. The molecule has 1 aromatic carbocycles. The van der Waals surface area contributed by atoms with Crippen molar-refractivity contribution in [2.75, 3.05) is 64.9 Å². The molecular formula is C28H37BrF3N5O5. The minimum Gasteiger partial charge on any atom is -0.481 e. The molecule has 2 aliphatic rings. The van der Waals surface area contributed by atoms with Gasteiger partial charge in [0.15, 0.2) is 18.6 Å². The third-order valence-electron chi connectivity index (χ3n) is 7.19. The zero-order valence-electron chi connectivity index (χ0n) is 24.5. The van der Waals surface area contributed by atoms with E-state index in [4.69, 9.17) is 14.2 Å². The molecule has 0 unspecified atom stereocenters. The number of nitrogens with zero attached hydrogens (tertiary/aromatic N) is 5. The zero-order valence-corrected chi connectivity index (χ0v) is 26.1. The van der Waals surface area contributed by atoms with E-state index in [1.165, 1.54) is 0 Å². The number of ether oxygens (including phenoxy) is 3. The van der Waals surface area contributed by atoms with Gasteiger partial charge in [0.1, 0.15) is 16.9 Å². The Bertz CT molecular complexity index is 1300. The second-order valence-corrected chi connectivity index (χ2v) is 13.0. The third kappa shape index (κ3) is 7.74. The lowest BCUT2D eigenvalue weighted by molar-refractivity contribution is -0.153. The molecule has 2 saturated heterocycles. The number of fused-ring (bicyclic) bond motifs is 1. The molecule has 14 heteroatoms. The smallest absolute Gasteiger partial charge is 0.422 e. The molecule has 2 aromatic rings. The zero-order chi connectivity index (χ0) is 30.9. The van der Waals surface area contributed by atoms with E-state index < -0.39 is 18.4 Å². The number of aldehydes is 1. The molecule has 1 aromatic heterocycles. The van der Waals surface area contributed by atoms with Crippen molar-refractivity contribution in [2.24, 2.45) is 5.41 Å². The van der Waals surface area contributed by atoms with E-state index in [0.717, 1.165) is 19.4 Å². The number of benzene rings is 1. The minimum atomic E-state index is -4.60. The Hall–Kier alpha value is -2.87. The molecule has 2 aliphatic heterocycles. The van der Waals surface area contributed by atoms with Crippen LogP contribution in [0.4, 0.5) is 23.8 Å². The van der Waals surface area contributed by atoms with Crippen LogP contribution in [0.1, 0.15) is 50.4 Å². The first-order valence-corrected chi connectivity index (χ1v) is 14.6. The number of halogens is 4. The molecule has 0 aliphatic carbocycles. The summed E-state index contributed by atoms with van der Waals surface area (Å²) < 4.78 is 56.0. The van der Waals surface area contributed by atoms with Crippen LogP contribution in [0, 0.1) is 5.41 Å². The van der Waals surface area contributed by atoms with Crippen molar-refractivity contribution in [2.45, 2.75) is 51.8 Å².